The van der Waals surface area contributed by atoms with Gasteiger partial charge in [-0.05, 0) is 0 Å². The molecular weight excluding hydrogens is 221 g/mol. The zero-order chi connectivity index (χ0) is 7.61. The Morgan fingerprint density at radius 3 is 2.08 bits per heavy atom. The van der Waals surface area contributed by atoms with E-state index in [1.807, 2.05) is 18.2 Å². The maximum atomic E-state index is 3.07. The van der Waals surface area contributed by atoms with Gasteiger partial charge in [0.15, 0.2) is 0 Å². The van der Waals surface area contributed by atoms with Crippen molar-refractivity contribution in [3.05, 3.63) is 35.9 Å². The zero-order valence-electron chi connectivity index (χ0n) is 7.92. The molecule has 0 unspecified atom stereocenters. The van der Waals surface area contributed by atoms with Crippen molar-refractivity contribution in [3.63, 3.8) is 0 Å². The van der Waals surface area contributed by atoms with Crippen molar-refractivity contribution in [3.8, 4) is 0 Å². The monoisotopic (exact) mass is 233 g/mol. The zero-order valence-corrected chi connectivity index (χ0v) is 11.7. The van der Waals surface area contributed by atoms with Crippen LogP contribution in [0.15, 0.2) is 24.3 Å². The summed E-state index contributed by atoms with van der Waals surface area (Å²) in [5.41, 5.74) is 1.60. The van der Waals surface area contributed by atoms with E-state index in [-0.39, 0.29) is 37.3 Å². The van der Waals surface area contributed by atoms with Crippen LogP contribution in [-0.2, 0) is 24.9 Å². The van der Waals surface area contributed by atoms with Gasteiger partial charge in [0.2, 0.25) is 0 Å². The van der Waals surface area contributed by atoms with Crippen LogP contribution in [0.1, 0.15) is 26.3 Å². The van der Waals surface area contributed by atoms with E-state index < -0.39 is 0 Å². The van der Waals surface area contributed by atoms with Crippen molar-refractivity contribution < 1.29 is 19.5 Å². The van der Waals surface area contributed by atoms with Crippen LogP contribution in [-0.4, -0.2) is 0 Å². The van der Waals surface area contributed by atoms with E-state index in [9.17, 15) is 0 Å². The third kappa shape index (κ3) is 4.23. The summed E-state index contributed by atoms with van der Waals surface area (Å²) in [5, 5.41) is 0. The summed E-state index contributed by atoms with van der Waals surface area (Å²) in [6.07, 6.45) is 0. The molecule has 0 aromatic heterocycles. The molecule has 0 bridgehead atoms. The van der Waals surface area contributed by atoms with Crippen LogP contribution >= 0.6 is 12.4 Å². The quantitative estimate of drug-likeness (QED) is 0.478. The van der Waals surface area contributed by atoms with E-state index in [1.54, 1.807) is 0 Å². The third-order valence-electron chi connectivity index (χ3n) is 1.57. The molecule has 0 radical (unpaired) electrons. The minimum atomic E-state index is 0. The molecule has 1 aromatic carbocycles. The fourth-order valence-electron chi connectivity index (χ4n) is 0.860. The minimum Gasteiger partial charge on any atom is -0.184 e. The van der Waals surface area contributed by atoms with E-state index in [0.29, 0.717) is 0 Å². The van der Waals surface area contributed by atoms with E-state index in [4.69, 9.17) is 0 Å². The van der Waals surface area contributed by atoms with E-state index in [0.717, 1.165) is 0 Å². The first-order valence-corrected chi connectivity index (χ1v) is 3.57. The molecule has 0 aliphatic carbocycles. The van der Waals surface area contributed by atoms with Crippen molar-refractivity contribution in [2.45, 2.75) is 26.2 Å². The van der Waals surface area contributed by atoms with Crippen LogP contribution in [0, 0.1) is 6.07 Å². The first-order chi connectivity index (χ1) is 4.61. The van der Waals surface area contributed by atoms with Gasteiger partial charge < -0.3 is 0 Å². The molecule has 0 N–H and O–H groups in total. The molecule has 0 aliphatic rings. The maximum absolute atomic E-state index is 3.07. The van der Waals surface area contributed by atoms with Crippen LogP contribution in [0.3, 0.4) is 0 Å². The second kappa shape index (κ2) is 5.72. The topological polar surface area (TPSA) is 0 Å². The molecule has 0 saturated heterocycles. The molecule has 0 atom stereocenters. The first kappa shape index (κ1) is 14.6. The van der Waals surface area contributed by atoms with Gasteiger partial charge in [0, 0.05) is 19.5 Å². The summed E-state index contributed by atoms with van der Waals surface area (Å²) in [4.78, 5) is 0. The molecule has 0 heterocycles. The average Bonchev–Trinajstić information content (AvgIpc) is 1.88. The Morgan fingerprint density at radius 1 is 1.25 bits per heavy atom. The molecular formula is C10H14ClZn-. The molecule has 64 valence electrons. The van der Waals surface area contributed by atoms with Gasteiger partial charge in [-0.1, -0.05) is 26.2 Å². The smallest absolute Gasteiger partial charge is 0 e. The molecule has 0 amide bonds. The Hall–Kier alpha value is 0.133. The Morgan fingerprint density at radius 2 is 1.83 bits per heavy atom. The number of hydrogen-bond donors (Lipinski definition) is 0. The molecule has 1 rings (SSSR count). The molecule has 0 saturated carbocycles. The van der Waals surface area contributed by atoms with E-state index in [2.05, 4.69) is 32.9 Å². The number of benzene rings is 1. The molecule has 2 heteroatoms. The summed E-state index contributed by atoms with van der Waals surface area (Å²) in [6.45, 7) is 6.61. The fraction of sp³-hybridized carbons (Fsp3) is 0.400. The van der Waals surface area contributed by atoms with Gasteiger partial charge in [0.1, 0.15) is 0 Å². The summed E-state index contributed by atoms with van der Waals surface area (Å²) in [6, 6.07) is 11.2. The van der Waals surface area contributed by atoms with Crippen LogP contribution in [0.4, 0.5) is 0 Å². The number of rotatable bonds is 0. The van der Waals surface area contributed by atoms with Crippen LogP contribution in [0.25, 0.3) is 0 Å². The summed E-state index contributed by atoms with van der Waals surface area (Å²) < 4.78 is 0. The van der Waals surface area contributed by atoms with Gasteiger partial charge in [-0.2, -0.15) is 35.9 Å². The average molecular weight is 235 g/mol. The Kier molecular flexibility index (Phi) is 6.99. The third-order valence-corrected chi connectivity index (χ3v) is 1.57. The maximum Gasteiger partial charge on any atom is 0 e. The molecule has 12 heavy (non-hydrogen) atoms. The summed E-state index contributed by atoms with van der Waals surface area (Å²) >= 11 is 0. The molecule has 0 nitrogen and oxygen atoms in total. The predicted octanol–water partition coefficient (Wildman–Crippen LogP) is 3.20. The Labute approximate surface area is 93.9 Å². The van der Waals surface area contributed by atoms with E-state index >= 15 is 0 Å². The predicted molar refractivity (Wildman–Crippen MR) is 51.2 cm³/mol. The summed E-state index contributed by atoms with van der Waals surface area (Å²) in [7, 11) is 0. The van der Waals surface area contributed by atoms with Gasteiger partial charge in [-0.25, -0.2) is 0 Å². The van der Waals surface area contributed by atoms with Gasteiger partial charge in [0.25, 0.3) is 0 Å². The minimum absolute atomic E-state index is 0. The molecule has 0 spiro atoms. The van der Waals surface area contributed by atoms with Gasteiger partial charge in [-0.3, -0.25) is 0 Å². The van der Waals surface area contributed by atoms with Crippen molar-refractivity contribution in [1.29, 1.82) is 0 Å². The molecule has 1 aromatic rings. The van der Waals surface area contributed by atoms with Gasteiger partial charge in [-0.15, -0.1) is 12.4 Å². The van der Waals surface area contributed by atoms with Crippen molar-refractivity contribution in [2.24, 2.45) is 0 Å². The van der Waals surface area contributed by atoms with Crippen LogP contribution in [0.5, 0.6) is 0 Å². The number of hydrogen-bond acceptors (Lipinski definition) is 0. The van der Waals surface area contributed by atoms with Crippen LogP contribution in [0.2, 0.25) is 0 Å². The van der Waals surface area contributed by atoms with Crippen molar-refractivity contribution >= 4 is 12.4 Å². The molecule has 0 fully saturated rings. The second-order valence-corrected chi connectivity index (χ2v) is 3.54. The Balaban J connectivity index is 0. The largest absolute Gasteiger partial charge is 0.184 e. The van der Waals surface area contributed by atoms with Crippen molar-refractivity contribution in [2.75, 3.05) is 0 Å². The van der Waals surface area contributed by atoms with Crippen molar-refractivity contribution in [1.82, 2.24) is 0 Å². The van der Waals surface area contributed by atoms with Crippen LogP contribution < -0.4 is 0 Å². The summed E-state index contributed by atoms with van der Waals surface area (Å²) in [5.74, 6) is 0. The Bertz CT molecular complexity index is 201. The van der Waals surface area contributed by atoms with Gasteiger partial charge >= 0.3 is 0 Å². The van der Waals surface area contributed by atoms with Gasteiger partial charge in [0.05, 0.1) is 0 Å². The number of halogens is 1. The normalized spacial score (nSPS) is 9.58. The molecule has 0 aliphatic heterocycles. The first-order valence-electron chi connectivity index (χ1n) is 3.57. The fourth-order valence-corrected chi connectivity index (χ4v) is 0.860. The second-order valence-electron chi connectivity index (χ2n) is 3.54. The standard InChI is InChI=1S/C10H13.ClH.Zn/c1-10(2,3)9-7-5-4-6-8-9;;/h4-5,7-8H,1-3H3;1H;/q-1;;. The SMILES string of the molecule is CC(C)(C)c1c[c-]ccc1.Cl.[Zn]. The van der Waals surface area contributed by atoms with E-state index in [1.165, 1.54) is 5.56 Å².